The van der Waals surface area contributed by atoms with Crippen LogP contribution < -0.4 is 4.74 Å². The van der Waals surface area contributed by atoms with Crippen molar-refractivity contribution in [3.63, 3.8) is 0 Å². The molecule has 0 aliphatic carbocycles. The second-order valence-corrected chi connectivity index (χ2v) is 4.84. The summed E-state index contributed by atoms with van der Waals surface area (Å²) in [5.74, 6) is 0.798. The molecule has 14 heavy (non-hydrogen) atoms. The molecule has 0 aliphatic heterocycles. The van der Waals surface area contributed by atoms with Crippen LogP contribution in [0.25, 0.3) is 10.1 Å². The van der Waals surface area contributed by atoms with Crippen LogP contribution in [0.2, 0.25) is 0 Å². The predicted octanol–water partition coefficient (Wildman–Crippen LogP) is 3.33. The van der Waals surface area contributed by atoms with Crippen LogP contribution in [0, 0.1) is 3.57 Å². The van der Waals surface area contributed by atoms with Crippen LogP contribution in [0.3, 0.4) is 0 Å². The van der Waals surface area contributed by atoms with Crippen LogP contribution in [0.1, 0.15) is 10.4 Å². The smallest absolute Gasteiger partial charge is 0.151 e. The summed E-state index contributed by atoms with van der Waals surface area (Å²) < 4.78 is 7.41. The van der Waals surface area contributed by atoms with E-state index in [2.05, 4.69) is 22.6 Å². The van der Waals surface area contributed by atoms with Gasteiger partial charge in [-0.2, -0.15) is 0 Å². The Bertz CT molecular complexity index is 490. The van der Waals surface area contributed by atoms with Gasteiger partial charge in [-0.25, -0.2) is 0 Å². The molecule has 2 aromatic rings. The number of hydrogen-bond donors (Lipinski definition) is 0. The second-order valence-electron chi connectivity index (χ2n) is 2.76. The minimum absolute atomic E-state index is 0.709. The third kappa shape index (κ3) is 1.42. The summed E-state index contributed by atoms with van der Waals surface area (Å²) in [5.41, 5.74) is 0.709. The first-order valence-corrected chi connectivity index (χ1v) is 5.92. The highest BCUT2D eigenvalue weighted by Crippen LogP contribution is 2.36. The number of ether oxygens (including phenoxy) is 1. The van der Waals surface area contributed by atoms with Crippen molar-refractivity contribution >= 4 is 50.3 Å². The maximum atomic E-state index is 10.8. The van der Waals surface area contributed by atoms with Crippen molar-refractivity contribution in [3.8, 4) is 5.75 Å². The lowest BCUT2D eigenvalue weighted by Gasteiger charge is -2.04. The molecule has 0 aliphatic rings. The van der Waals surface area contributed by atoms with Gasteiger partial charge in [0, 0.05) is 21.0 Å². The molecule has 0 radical (unpaired) electrons. The summed E-state index contributed by atoms with van der Waals surface area (Å²) in [5, 5.41) is 2.79. The van der Waals surface area contributed by atoms with Crippen molar-refractivity contribution in [1.29, 1.82) is 0 Å². The standard InChI is InChI=1S/C10H7IO2S/c1-13-10-7(11)2-3-8-9(10)6(4-12)5-14-8/h2-5H,1H3. The number of hydrogen-bond acceptors (Lipinski definition) is 3. The minimum Gasteiger partial charge on any atom is -0.495 e. The first-order valence-electron chi connectivity index (χ1n) is 3.96. The molecule has 2 rings (SSSR count). The Morgan fingerprint density at radius 2 is 2.29 bits per heavy atom. The molecule has 1 aromatic carbocycles. The predicted molar refractivity (Wildman–Crippen MR) is 66.5 cm³/mol. The maximum absolute atomic E-state index is 10.8. The maximum Gasteiger partial charge on any atom is 0.151 e. The van der Waals surface area contributed by atoms with Gasteiger partial charge in [0.05, 0.1) is 10.7 Å². The van der Waals surface area contributed by atoms with Gasteiger partial charge in [0.2, 0.25) is 0 Å². The van der Waals surface area contributed by atoms with Crippen LogP contribution in [-0.2, 0) is 0 Å². The van der Waals surface area contributed by atoms with E-state index in [1.54, 1.807) is 18.4 Å². The average Bonchev–Trinajstić information content (AvgIpc) is 2.61. The molecule has 2 nitrogen and oxygen atoms in total. The highest BCUT2D eigenvalue weighted by atomic mass is 127. The second kappa shape index (κ2) is 3.86. The van der Waals surface area contributed by atoms with E-state index in [0.29, 0.717) is 5.56 Å². The molecule has 0 fully saturated rings. The summed E-state index contributed by atoms with van der Waals surface area (Å²) in [4.78, 5) is 10.8. The fraction of sp³-hybridized carbons (Fsp3) is 0.100. The topological polar surface area (TPSA) is 26.3 Å². The van der Waals surface area contributed by atoms with Gasteiger partial charge in [-0.15, -0.1) is 11.3 Å². The van der Waals surface area contributed by atoms with Gasteiger partial charge in [-0.05, 0) is 34.7 Å². The van der Waals surface area contributed by atoms with E-state index in [9.17, 15) is 4.79 Å². The van der Waals surface area contributed by atoms with Gasteiger partial charge in [0.25, 0.3) is 0 Å². The molecule has 0 unspecified atom stereocenters. The molecule has 0 atom stereocenters. The van der Waals surface area contributed by atoms with Crippen molar-refractivity contribution < 1.29 is 9.53 Å². The normalized spacial score (nSPS) is 10.4. The number of fused-ring (bicyclic) bond motifs is 1. The molecule has 0 amide bonds. The number of aldehydes is 1. The molecule has 0 saturated carbocycles. The fourth-order valence-electron chi connectivity index (χ4n) is 1.38. The Morgan fingerprint density at radius 3 is 2.93 bits per heavy atom. The summed E-state index contributed by atoms with van der Waals surface area (Å²) in [7, 11) is 1.63. The molecule has 1 aromatic heterocycles. The van der Waals surface area contributed by atoms with E-state index in [4.69, 9.17) is 4.74 Å². The molecule has 1 heterocycles. The van der Waals surface area contributed by atoms with Crippen LogP contribution in [-0.4, -0.2) is 13.4 Å². The number of carbonyl (C=O) groups is 1. The van der Waals surface area contributed by atoms with Gasteiger partial charge in [-0.3, -0.25) is 4.79 Å². The molecular weight excluding hydrogens is 311 g/mol. The van der Waals surface area contributed by atoms with Gasteiger partial charge < -0.3 is 4.74 Å². The molecule has 0 bridgehead atoms. The zero-order chi connectivity index (χ0) is 10.1. The summed E-state index contributed by atoms with van der Waals surface area (Å²) >= 11 is 3.76. The lowest BCUT2D eigenvalue weighted by Crippen LogP contribution is -1.88. The number of rotatable bonds is 2. The number of halogens is 1. The van der Waals surface area contributed by atoms with E-state index >= 15 is 0 Å². The third-order valence-corrected chi connectivity index (χ3v) is 3.82. The van der Waals surface area contributed by atoms with Crippen LogP contribution in [0.4, 0.5) is 0 Å². The fourth-order valence-corrected chi connectivity index (χ4v) is 2.95. The first kappa shape index (κ1) is 9.92. The first-order chi connectivity index (χ1) is 6.77. The Kier molecular flexibility index (Phi) is 2.73. The van der Waals surface area contributed by atoms with Crippen molar-refractivity contribution in [2.24, 2.45) is 0 Å². The molecule has 0 spiro atoms. The van der Waals surface area contributed by atoms with E-state index < -0.39 is 0 Å². The summed E-state index contributed by atoms with van der Waals surface area (Å²) in [6.07, 6.45) is 0.872. The molecule has 72 valence electrons. The summed E-state index contributed by atoms with van der Waals surface area (Å²) in [6, 6.07) is 4.00. The average molecular weight is 318 g/mol. The highest BCUT2D eigenvalue weighted by molar-refractivity contribution is 14.1. The minimum atomic E-state index is 0.709. The van der Waals surface area contributed by atoms with Crippen LogP contribution >= 0.6 is 33.9 Å². The number of carbonyl (C=O) groups excluding carboxylic acids is 1. The highest BCUT2D eigenvalue weighted by Gasteiger charge is 2.11. The zero-order valence-corrected chi connectivity index (χ0v) is 10.4. The third-order valence-electron chi connectivity index (χ3n) is 2.00. The number of thiophene rings is 1. The van der Waals surface area contributed by atoms with Gasteiger partial charge >= 0.3 is 0 Å². The summed E-state index contributed by atoms with van der Waals surface area (Å²) in [6.45, 7) is 0. The van der Waals surface area contributed by atoms with Crippen molar-refractivity contribution in [1.82, 2.24) is 0 Å². The molecule has 0 N–H and O–H groups in total. The molecule has 0 saturated heterocycles. The van der Waals surface area contributed by atoms with Crippen LogP contribution in [0.15, 0.2) is 17.5 Å². The van der Waals surface area contributed by atoms with Gasteiger partial charge in [-0.1, -0.05) is 0 Å². The monoisotopic (exact) mass is 318 g/mol. The lowest BCUT2D eigenvalue weighted by molar-refractivity contribution is 0.112. The van der Waals surface area contributed by atoms with E-state index in [-0.39, 0.29) is 0 Å². The lowest BCUT2D eigenvalue weighted by atomic mass is 10.2. The van der Waals surface area contributed by atoms with Gasteiger partial charge in [0.1, 0.15) is 5.75 Å². The molecule has 4 heteroatoms. The Morgan fingerprint density at radius 1 is 1.50 bits per heavy atom. The number of benzene rings is 1. The van der Waals surface area contributed by atoms with E-state index in [1.165, 1.54) is 0 Å². The van der Waals surface area contributed by atoms with Crippen LogP contribution in [0.5, 0.6) is 5.75 Å². The molecular formula is C10H7IO2S. The van der Waals surface area contributed by atoms with E-state index in [0.717, 1.165) is 25.7 Å². The largest absolute Gasteiger partial charge is 0.495 e. The van der Waals surface area contributed by atoms with Crippen molar-refractivity contribution in [2.45, 2.75) is 0 Å². The van der Waals surface area contributed by atoms with E-state index in [1.807, 2.05) is 17.5 Å². The quantitative estimate of drug-likeness (QED) is 0.627. The van der Waals surface area contributed by atoms with Crippen molar-refractivity contribution in [3.05, 3.63) is 26.6 Å². The van der Waals surface area contributed by atoms with Gasteiger partial charge in [0.15, 0.2) is 6.29 Å². The Labute approximate surface area is 99.0 Å². The van der Waals surface area contributed by atoms with Crippen molar-refractivity contribution in [2.75, 3.05) is 7.11 Å². The number of methoxy groups -OCH3 is 1. The SMILES string of the molecule is COc1c(I)ccc2scc(C=O)c12. The Balaban J connectivity index is 2.88. The zero-order valence-electron chi connectivity index (χ0n) is 7.41. The Hall–Kier alpha value is -0.620.